The number of fused-ring (bicyclic) bond motifs is 6. The predicted octanol–water partition coefficient (Wildman–Crippen LogP) is 11.3. The van der Waals surface area contributed by atoms with Crippen molar-refractivity contribution in [3.05, 3.63) is 103 Å². The van der Waals surface area contributed by atoms with Gasteiger partial charge in [0.2, 0.25) is 0 Å². The monoisotopic (exact) mass is 465 g/mol. The van der Waals surface area contributed by atoms with Gasteiger partial charge in [0.1, 0.15) is 0 Å². The summed E-state index contributed by atoms with van der Waals surface area (Å²) >= 11 is 0. The molecule has 0 bridgehead atoms. The van der Waals surface area contributed by atoms with Gasteiger partial charge < -0.3 is 0 Å². The molecule has 0 aromatic heterocycles. The second-order valence-corrected chi connectivity index (χ2v) is 7.30. The highest BCUT2D eigenvalue weighted by Gasteiger charge is 2.13. The molecule has 0 spiro atoms. The second-order valence-electron chi connectivity index (χ2n) is 7.30. The van der Waals surface area contributed by atoms with Gasteiger partial charge in [-0.15, -0.1) is 0 Å². The molecule has 5 rings (SSSR count). The number of aliphatic imine (C=N–C) groups is 1. The van der Waals surface area contributed by atoms with Crippen LogP contribution in [0.3, 0.4) is 0 Å². The minimum Gasteiger partial charge on any atom is -0.255 e. The summed E-state index contributed by atoms with van der Waals surface area (Å²) in [5.74, 6) is 0. The fraction of sp³-hybridized carbons (Fsp3) is 0.265. The summed E-state index contributed by atoms with van der Waals surface area (Å²) in [7, 11) is 0. The van der Waals surface area contributed by atoms with E-state index in [1.54, 1.807) is 6.08 Å². The van der Waals surface area contributed by atoms with E-state index in [-0.39, 0.29) is 0 Å². The van der Waals surface area contributed by atoms with Crippen molar-refractivity contribution in [1.82, 2.24) is 0 Å². The number of rotatable bonds is 3. The summed E-state index contributed by atoms with van der Waals surface area (Å²) < 4.78 is 0. The molecule has 35 heavy (non-hydrogen) atoms. The fourth-order valence-electron chi connectivity index (χ4n) is 3.69. The Hall–Kier alpha value is -3.45. The van der Waals surface area contributed by atoms with Gasteiger partial charge in [-0.3, -0.25) is 4.99 Å². The van der Waals surface area contributed by atoms with E-state index >= 15 is 0 Å². The molecule has 0 radical (unpaired) electrons. The molecule has 0 saturated carbocycles. The van der Waals surface area contributed by atoms with Crippen LogP contribution in [-0.4, -0.2) is 6.21 Å². The first-order valence-corrected chi connectivity index (χ1v) is 13.1. The van der Waals surface area contributed by atoms with Crippen LogP contribution in [0.25, 0.3) is 32.3 Å². The molecule has 1 heterocycles. The van der Waals surface area contributed by atoms with Gasteiger partial charge in [0.25, 0.3) is 0 Å². The molecule has 0 N–H and O–H groups in total. The van der Waals surface area contributed by atoms with Crippen LogP contribution < -0.4 is 0 Å². The minimum absolute atomic E-state index is 1.10. The Morgan fingerprint density at radius 3 is 2.00 bits per heavy atom. The maximum Gasteiger partial charge on any atom is 0.0724 e. The van der Waals surface area contributed by atoms with Gasteiger partial charge in [0.05, 0.1) is 5.69 Å². The zero-order chi connectivity index (χ0) is 26.2. The van der Waals surface area contributed by atoms with Crippen LogP contribution in [0.2, 0.25) is 0 Å². The molecule has 4 aromatic rings. The van der Waals surface area contributed by atoms with Crippen molar-refractivity contribution >= 4 is 44.2 Å². The van der Waals surface area contributed by atoms with Crippen molar-refractivity contribution in [3.63, 3.8) is 0 Å². The van der Waals surface area contributed by atoms with Crippen molar-refractivity contribution in [2.24, 2.45) is 4.99 Å². The SMILES string of the molecule is C=C/C=C/C=C/CC.CC.CC.CC.Cc1ccc2cc3c(ccc4c5c(ccc43)N=C5)cc2c1. The van der Waals surface area contributed by atoms with Crippen LogP contribution in [0.4, 0.5) is 5.69 Å². The number of allylic oxidation sites excluding steroid dienone is 5. The first kappa shape index (κ1) is 29.6. The van der Waals surface area contributed by atoms with E-state index in [2.05, 4.69) is 86.1 Å². The average molecular weight is 466 g/mol. The number of benzene rings is 4. The average Bonchev–Trinajstić information content (AvgIpc) is 2.89. The van der Waals surface area contributed by atoms with E-state index in [0.29, 0.717) is 0 Å². The molecule has 4 aromatic carbocycles. The lowest BCUT2D eigenvalue weighted by Gasteiger charge is -2.14. The molecule has 0 aliphatic carbocycles. The van der Waals surface area contributed by atoms with Crippen molar-refractivity contribution < 1.29 is 0 Å². The standard InChI is InChI=1S/C20H13N.C8H12.3C2H6/c1-12-2-3-13-10-18-14(9-15(13)8-12)4-5-17-16(18)6-7-20-19(17)11-21-20;1-3-5-7-8-6-4-2;3*1-2/h2-11H,1H3;3,5-8H,1,4H2,2H3;3*1-2H3/b;7-5+,8-6+;;;. The van der Waals surface area contributed by atoms with Crippen molar-refractivity contribution in [3.8, 4) is 0 Å². The van der Waals surface area contributed by atoms with Crippen LogP contribution in [0, 0.1) is 6.92 Å². The first-order chi connectivity index (χ1) is 17.2. The Morgan fingerprint density at radius 2 is 1.37 bits per heavy atom. The normalized spacial score (nSPS) is 10.7. The molecular formula is C34H43N. The molecule has 0 saturated heterocycles. The molecule has 0 fully saturated rings. The van der Waals surface area contributed by atoms with E-state index < -0.39 is 0 Å². The van der Waals surface area contributed by atoms with Crippen LogP contribution in [0.1, 0.15) is 66.0 Å². The van der Waals surface area contributed by atoms with Gasteiger partial charge >= 0.3 is 0 Å². The Labute approximate surface area is 213 Å². The van der Waals surface area contributed by atoms with Crippen LogP contribution in [0.5, 0.6) is 0 Å². The second kappa shape index (κ2) is 16.2. The number of nitrogens with zero attached hydrogens (tertiary/aromatic N) is 1. The van der Waals surface area contributed by atoms with E-state index in [9.17, 15) is 0 Å². The van der Waals surface area contributed by atoms with Gasteiger partial charge in [-0.1, -0.05) is 127 Å². The fourth-order valence-corrected chi connectivity index (χ4v) is 3.69. The molecule has 1 aliphatic rings. The highest BCUT2D eigenvalue weighted by molar-refractivity contribution is 6.19. The van der Waals surface area contributed by atoms with Crippen molar-refractivity contribution in [2.45, 2.75) is 61.8 Å². The zero-order valence-electron chi connectivity index (χ0n) is 23.0. The van der Waals surface area contributed by atoms with Gasteiger partial charge in [0.15, 0.2) is 0 Å². The van der Waals surface area contributed by atoms with Gasteiger partial charge in [-0.05, 0) is 63.9 Å². The van der Waals surface area contributed by atoms with Gasteiger partial charge in [-0.2, -0.15) is 0 Å². The van der Waals surface area contributed by atoms with Crippen molar-refractivity contribution in [2.75, 3.05) is 0 Å². The molecule has 184 valence electrons. The molecule has 1 nitrogen and oxygen atoms in total. The number of hydrogen-bond acceptors (Lipinski definition) is 1. The van der Waals surface area contributed by atoms with Crippen LogP contribution >= 0.6 is 0 Å². The molecule has 0 unspecified atom stereocenters. The summed E-state index contributed by atoms with van der Waals surface area (Å²) in [6, 6.07) is 20.0. The lowest BCUT2D eigenvalue weighted by atomic mass is 9.94. The highest BCUT2D eigenvalue weighted by Crippen LogP contribution is 2.37. The van der Waals surface area contributed by atoms with Gasteiger partial charge in [0, 0.05) is 11.8 Å². The topological polar surface area (TPSA) is 12.4 Å². The smallest absolute Gasteiger partial charge is 0.0724 e. The summed E-state index contributed by atoms with van der Waals surface area (Å²) in [5.41, 5.74) is 3.69. The highest BCUT2D eigenvalue weighted by atomic mass is 14.8. The van der Waals surface area contributed by atoms with Crippen LogP contribution in [0.15, 0.2) is 96.5 Å². The summed E-state index contributed by atoms with van der Waals surface area (Å²) in [4.78, 5) is 4.30. The van der Waals surface area contributed by atoms with Crippen LogP contribution in [-0.2, 0) is 0 Å². The number of aryl methyl sites for hydroxylation is 1. The van der Waals surface area contributed by atoms with E-state index in [0.717, 1.165) is 12.1 Å². The maximum atomic E-state index is 4.30. The lowest BCUT2D eigenvalue weighted by molar-refractivity contribution is 1.22. The third-order valence-electron chi connectivity index (χ3n) is 5.21. The molecule has 1 heteroatoms. The van der Waals surface area contributed by atoms with E-state index in [4.69, 9.17) is 0 Å². The maximum absolute atomic E-state index is 4.30. The molecular weight excluding hydrogens is 422 g/mol. The molecule has 0 amide bonds. The third-order valence-corrected chi connectivity index (χ3v) is 5.21. The quantitative estimate of drug-likeness (QED) is 0.143. The molecule has 1 aliphatic heterocycles. The zero-order valence-corrected chi connectivity index (χ0v) is 23.0. The molecule has 0 atom stereocenters. The first-order valence-electron chi connectivity index (χ1n) is 13.1. The summed E-state index contributed by atoms with van der Waals surface area (Å²) in [6.07, 6.45) is 12.8. The van der Waals surface area contributed by atoms with Crippen molar-refractivity contribution in [1.29, 1.82) is 0 Å². The Balaban J connectivity index is 0.000000374. The third kappa shape index (κ3) is 7.52. The number of hydrogen-bond donors (Lipinski definition) is 0. The Bertz CT molecular complexity index is 1300. The summed E-state index contributed by atoms with van der Waals surface area (Å²) in [6.45, 7) is 19.8. The predicted molar refractivity (Wildman–Crippen MR) is 164 cm³/mol. The lowest BCUT2D eigenvalue weighted by Crippen LogP contribution is -1.94. The van der Waals surface area contributed by atoms with E-state index in [1.807, 2.05) is 66.0 Å². The Morgan fingerprint density at radius 1 is 0.686 bits per heavy atom. The van der Waals surface area contributed by atoms with Gasteiger partial charge in [-0.25, -0.2) is 0 Å². The largest absolute Gasteiger partial charge is 0.255 e. The summed E-state index contributed by atoms with van der Waals surface area (Å²) in [5, 5.41) is 7.87. The van der Waals surface area contributed by atoms with E-state index in [1.165, 1.54) is 43.4 Å². The Kier molecular flexibility index (Phi) is 13.7. The minimum atomic E-state index is 1.10.